The van der Waals surface area contributed by atoms with E-state index in [1.54, 1.807) is 4.90 Å². The maximum absolute atomic E-state index is 10.9. The van der Waals surface area contributed by atoms with E-state index in [0.717, 1.165) is 49.8 Å². The molecule has 0 aliphatic carbocycles. The Balaban J connectivity index is 1.86. The van der Waals surface area contributed by atoms with E-state index in [1.807, 2.05) is 13.0 Å². The van der Waals surface area contributed by atoms with E-state index >= 15 is 0 Å². The summed E-state index contributed by atoms with van der Waals surface area (Å²) in [6.07, 6.45) is 0.918. The average Bonchev–Trinajstić information content (AvgIpc) is 2.63. The Hall–Kier alpha value is -2.63. The molecule has 0 bridgehead atoms. The predicted octanol–water partition coefficient (Wildman–Crippen LogP) is 3.24. The van der Waals surface area contributed by atoms with E-state index in [0.29, 0.717) is 11.9 Å². The van der Waals surface area contributed by atoms with Crippen LogP contribution in [0, 0.1) is 13.8 Å². The summed E-state index contributed by atoms with van der Waals surface area (Å²) in [5.41, 5.74) is 4.46. The zero-order chi connectivity index (χ0) is 18.7. The van der Waals surface area contributed by atoms with Crippen molar-refractivity contribution in [2.75, 3.05) is 36.4 Å². The highest BCUT2D eigenvalue weighted by atomic mass is 16.1. The lowest BCUT2D eigenvalue weighted by Crippen LogP contribution is -2.46. The van der Waals surface area contributed by atoms with Crippen molar-refractivity contribution in [2.45, 2.75) is 33.6 Å². The number of hydrogen-bond donors (Lipinski definition) is 1. The largest absolute Gasteiger partial charge is 0.353 e. The van der Waals surface area contributed by atoms with E-state index in [4.69, 9.17) is 4.98 Å². The smallest absolute Gasteiger partial charge is 0.229 e. The summed E-state index contributed by atoms with van der Waals surface area (Å²) in [7, 11) is 0. The molecule has 0 saturated carbocycles. The molecule has 6 nitrogen and oxygen atoms in total. The second-order valence-corrected chi connectivity index (χ2v) is 7.14. The van der Waals surface area contributed by atoms with Gasteiger partial charge in [0.1, 0.15) is 5.82 Å². The predicted molar refractivity (Wildman–Crippen MR) is 105 cm³/mol. The lowest BCUT2D eigenvalue weighted by Gasteiger charge is -2.33. The summed E-state index contributed by atoms with van der Waals surface area (Å²) in [6, 6.07) is 8.34. The molecule has 1 saturated heterocycles. The van der Waals surface area contributed by atoms with Gasteiger partial charge in [0, 0.05) is 43.6 Å². The molecule has 2 heterocycles. The molecule has 138 valence electrons. The molecule has 0 atom stereocenters. The topological polar surface area (TPSA) is 61.4 Å². The maximum atomic E-state index is 10.9. The van der Waals surface area contributed by atoms with Gasteiger partial charge in [0.05, 0.1) is 0 Å². The molecule has 0 unspecified atom stereocenters. The highest BCUT2D eigenvalue weighted by Crippen LogP contribution is 2.30. The summed E-state index contributed by atoms with van der Waals surface area (Å²) < 4.78 is 0. The standard InChI is InChI=1S/C20H27N5O/c1-14(2)17-7-5-6-15(3)19(17)23-20-21-16(4)12-18(22-20)25-10-8-24(13-26)9-11-25/h5-7,12-14H,8-11H2,1-4H3,(H,21,22,23). The van der Waals surface area contributed by atoms with Crippen LogP contribution >= 0.6 is 0 Å². The Morgan fingerprint density at radius 2 is 1.85 bits per heavy atom. The zero-order valence-electron chi connectivity index (χ0n) is 16.0. The van der Waals surface area contributed by atoms with Crippen LogP contribution in [0.2, 0.25) is 0 Å². The number of piperazine rings is 1. The normalized spacial score (nSPS) is 14.7. The number of rotatable bonds is 5. The number of hydrogen-bond acceptors (Lipinski definition) is 5. The summed E-state index contributed by atoms with van der Waals surface area (Å²) in [5, 5.41) is 3.45. The zero-order valence-corrected chi connectivity index (χ0v) is 16.0. The molecule has 3 rings (SSSR count). The van der Waals surface area contributed by atoms with Gasteiger partial charge in [-0.05, 0) is 30.9 Å². The van der Waals surface area contributed by atoms with Gasteiger partial charge < -0.3 is 15.1 Å². The number of carbonyl (C=O) groups excluding carboxylic acids is 1. The Morgan fingerprint density at radius 1 is 1.12 bits per heavy atom. The van der Waals surface area contributed by atoms with Crippen LogP contribution < -0.4 is 10.2 Å². The van der Waals surface area contributed by atoms with Crippen LogP contribution in [0.3, 0.4) is 0 Å². The molecule has 1 aromatic heterocycles. The minimum absolute atomic E-state index is 0.415. The Bertz CT molecular complexity index is 782. The van der Waals surface area contributed by atoms with E-state index < -0.39 is 0 Å². The number of benzene rings is 1. The van der Waals surface area contributed by atoms with Gasteiger partial charge >= 0.3 is 0 Å². The second-order valence-electron chi connectivity index (χ2n) is 7.14. The van der Waals surface area contributed by atoms with Crippen molar-refractivity contribution < 1.29 is 4.79 Å². The van der Waals surface area contributed by atoms with Gasteiger partial charge in [-0.2, -0.15) is 4.98 Å². The quantitative estimate of drug-likeness (QED) is 0.836. The van der Waals surface area contributed by atoms with Crippen molar-refractivity contribution in [3.8, 4) is 0 Å². The number of aromatic nitrogens is 2. The first-order valence-corrected chi connectivity index (χ1v) is 9.14. The molecule has 0 spiro atoms. The van der Waals surface area contributed by atoms with Crippen molar-refractivity contribution in [2.24, 2.45) is 0 Å². The molecule has 1 aliphatic rings. The van der Waals surface area contributed by atoms with Crippen molar-refractivity contribution in [3.63, 3.8) is 0 Å². The minimum atomic E-state index is 0.415. The fourth-order valence-corrected chi connectivity index (χ4v) is 3.28. The van der Waals surface area contributed by atoms with Gasteiger partial charge in [-0.15, -0.1) is 0 Å². The number of anilines is 3. The second kappa shape index (κ2) is 7.72. The number of para-hydroxylation sites is 1. The van der Waals surface area contributed by atoms with Gasteiger partial charge in [-0.3, -0.25) is 4.79 Å². The molecular formula is C20H27N5O. The highest BCUT2D eigenvalue weighted by Gasteiger charge is 2.18. The van der Waals surface area contributed by atoms with E-state index in [9.17, 15) is 4.79 Å². The molecule has 26 heavy (non-hydrogen) atoms. The van der Waals surface area contributed by atoms with Gasteiger partial charge in [0.15, 0.2) is 0 Å². The van der Waals surface area contributed by atoms with Crippen LogP contribution in [0.25, 0.3) is 0 Å². The van der Waals surface area contributed by atoms with Crippen LogP contribution in [0.5, 0.6) is 0 Å². The third-order valence-corrected chi connectivity index (χ3v) is 4.79. The molecule has 0 radical (unpaired) electrons. The van der Waals surface area contributed by atoms with Crippen molar-refractivity contribution in [1.29, 1.82) is 0 Å². The number of nitrogens with zero attached hydrogens (tertiary/aromatic N) is 4. The Morgan fingerprint density at radius 3 is 2.50 bits per heavy atom. The van der Waals surface area contributed by atoms with Crippen LogP contribution in [0.15, 0.2) is 24.3 Å². The summed E-state index contributed by atoms with van der Waals surface area (Å²) in [6.45, 7) is 11.5. The molecule has 2 aromatic rings. The Kier molecular flexibility index (Phi) is 5.40. The van der Waals surface area contributed by atoms with Crippen LogP contribution in [0.1, 0.15) is 36.6 Å². The van der Waals surface area contributed by atoms with Crippen LogP contribution in [0.4, 0.5) is 17.5 Å². The molecule has 1 N–H and O–H groups in total. The van der Waals surface area contributed by atoms with E-state index in [1.165, 1.54) is 11.1 Å². The molecular weight excluding hydrogens is 326 g/mol. The third kappa shape index (κ3) is 3.95. The molecule has 1 fully saturated rings. The third-order valence-electron chi connectivity index (χ3n) is 4.79. The van der Waals surface area contributed by atoms with Crippen molar-refractivity contribution in [3.05, 3.63) is 41.1 Å². The van der Waals surface area contributed by atoms with Gasteiger partial charge in [-0.1, -0.05) is 32.0 Å². The molecule has 1 aromatic carbocycles. The molecule has 6 heteroatoms. The lowest BCUT2D eigenvalue weighted by molar-refractivity contribution is -0.118. The first-order valence-electron chi connectivity index (χ1n) is 9.14. The first-order chi connectivity index (χ1) is 12.5. The van der Waals surface area contributed by atoms with Gasteiger partial charge in [-0.25, -0.2) is 4.98 Å². The number of nitrogens with one attached hydrogen (secondary N) is 1. The summed E-state index contributed by atoms with van der Waals surface area (Å²) in [5.74, 6) is 1.94. The SMILES string of the molecule is Cc1cc(N2CCN(C=O)CC2)nc(Nc2c(C)cccc2C(C)C)n1. The minimum Gasteiger partial charge on any atom is -0.353 e. The van der Waals surface area contributed by atoms with Crippen molar-refractivity contribution >= 4 is 23.9 Å². The number of carbonyl (C=O) groups is 1. The van der Waals surface area contributed by atoms with Crippen LogP contribution in [-0.2, 0) is 4.79 Å². The summed E-state index contributed by atoms with van der Waals surface area (Å²) >= 11 is 0. The van der Waals surface area contributed by atoms with Gasteiger partial charge in [0.25, 0.3) is 0 Å². The van der Waals surface area contributed by atoms with E-state index in [-0.39, 0.29) is 0 Å². The van der Waals surface area contributed by atoms with Gasteiger partial charge in [0.2, 0.25) is 12.4 Å². The molecule has 1 amide bonds. The average molecular weight is 353 g/mol. The van der Waals surface area contributed by atoms with E-state index in [2.05, 4.69) is 54.2 Å². The summed E-state index contributed by atoms with van der Waals surface area (Å²) in [4.78, 5) is 24.2. The lowest BCUT2D eigenvalue weighted by atomic mass is 9.98. The number of amides is 1. The van der Waals surface area contributed by atoms with Crippen molar-refractivity contribution in [1.82, 2.24) is 14.9 Å². The number of aryl methyl sites for hydroxylation is 2. The fourth-order valence-electron chi connectivity index (χ4n) is 3.28. The highest BCUT2D eigenvalue weighted by molar-refractivity contribution is 5.65. The first kappa shape index (κ1) is 18.2. The maximum Gasteiger partial charge on any atom is 0.229 e. The fraction of sp³-hybridized carbons (Fsp3) is 0.450. The van der Waals surface area contributed by atoms with Crippen LogP contribution in [-0.4, -0.2) is 47.5 Å². The molecule has 1 aliphatic heterocycles. The Labute approximate surface area is 155 Å². The monoisotopic (exact) mass is 353 g/mol.